The maximum absolute atomic E-state index is 5.46. The molecule has 4 nitrogen and oxygen atoms in total. The molecule has 0 aromatic carbocycles. The van der Waals surface area contributed by atoms with Gasteiger partial charge in [-0.1, -0.05) is 25.3 Å². The number of nitrogens with one attached hydrogen (secondary N) is 2. The Morgan fingerprint density at radius 2 is 2.04 bits per heavy atom. The average Bonchev–Trinajstić information content (AvgIpc) is 3.17. The lowest BCUT2D eigenvalue weighted by Gasteiger charge is -2.35. The molecule has 0 spiro atoms. The van der Waals surface area contributed by atoms with Crippen LogP contribution >= 0.6 is 35.3 Å². The summed E-state index contributed by atoms with van der Waals surface area (Å²) in [6.45, 7) is 5.65. The van der Waals surface area contributed by atoms with Crippen molar-refractivity contribution in [1.82, 2.24) is 10.6 Å². The van der Waals surface area contributed by atoms with E-state index in [1.165, 1.54) is 37.0 Å². The fourth-order valence-corrected chi connectivity index (χ4v) is 4.86. The highest BCUT2D eigenvalue weighted by molar-refractivity contribution is 14.0. The predicted octanol–water partition coefficient (Wildman–Crippen LogP) is 4.30. The van der Waals surface area contributed by atoms with Crippen molar-refractivity contribution in [1.29, 1.82) is 0 Å². The third-order valence-corrected chi connectivity index (χ3v) is 6.42. The van der Waals surface area contributed by atoms with E-state index in [1.807, 2.05) is 11.3 Å². The Bertz CT molecular complexity index is 509. The van der Waals surface area contributed by atoms with E-state index in [0.29, 0.717) is 6.04 Å². The normalized spacial score (nSPS) is 21.4. The molecule has 1 aliphatic carbocycles. The van der Waals surface area contributed by atoms with Crippen molar-refractivity contribution in [3.63, 3.8) is 0 Å². The minimum absolute atomic E-state index is 0. The van der Waals surface area contributed by atoms with E-state index < -0.39 is 0 Å². The number of thiophene rings is 1. The zero-order valence-corrected chi connectivity index (χ0v) is 18.4. The molecule has 1 aromatic heterocycles. The summed E-state index contributed by atoms with van der Waals surface area (Å²) in [5.74, 6) is 0.978. The molecule has 2 aliphatic rings. The highest BCUT2D eigenvalue weighted by Crippen LogP contribution is 2.41. The summed E-state index contributed by atoms with van der Waals surface area (Å²) in [6, 6.07) is 4.98. The van der Waals surface area contributed by atoms with E-state index in [9.17, 15) is 0 Å². The molecule has 1 saturated carbocycles. The summed E-state index contributed by atoms with van der Waals surface area (Å²) >= 11 is 1.90. The summed E-state index contributed by atoms with van der Waals surface area (Å²) < 4.78 is 5.46. The van der Waals surface area contributed by atoms with E-state index in [4.69, 9.17) is 9.73 Å². The van der Waals surface area contributed by atoms with Crippen LogP contribution in [0, 0.1) is 0 Å². The first-order valence-corrected chi connectivity index (χ1v) is 10.4. The van der Waals surface area contributed by atoms with Crippen molar-refractivity contribution in [3.8, 4) is 0 Å². The van der Waals surface area contributed by atoms with Gasteiger partial charge in [0.2, 0.25) is 0 Å². The molecule has 0 unspecified atom stereocenters. The lowest BCUT2D eigenvalue weighted by molar-refractivity contribution is 0.0822. The van der Waals surface area contributed by atoms with Crippen molar-refractivity contribution in [3.05, 3.63) is 22.4 Å². The molecule has 25 heavy (non-hydrogen) atoms. The Hall–Kier alpha value is -0.340. The predicted molar refractivity (Wildman–Crippen MR) is 117 cm³/mol. The van der Waals surface area contributed by atoms with Gasteiger partial charge in [0, 0.05) is 36.1 Å². The molecule has 2 heterocycles. The fraction of sp³-hybridized carbons (Fsp3) is 0.737. The average molecular weight is 477 g/mol. The second-order valence-electron chi connectivity index (χ2n) is 7.04. The molecule has 1 aliphatic heterocycles. The van der Waals surface area contributed by atoms with Gasteiger partial charge in [-0.15, -0.1) is 35.3 Å². The Morgan fingerprint density at radius 3 is 2.68 bits per heavy atom. The first kappa shape index (κ1) is 21.0. The van der Waals surface area contributed by atoms with Crippen LogP contribution in [0.4, 0.5) is 0 Å². The molecule has 0 radical (unpaired) electrons. The number of rotatable bonds is 5. The number of aliphatic imine (C=N–C) groups is 1. The van der Waals surface area contributed by atoms with Gasteiger partial charge in [-0.05, 0) is 44.1 Å². The summed E-state index contributed by atoms with van der Waals surface area (Å²) in [6.07, 6.45) is 8.72. The molecule has 1 saturated heterocycles. The van der Waals surface area contributed by atoms with Gasteiger partial charge < -0.3 is 15.4 Å². The van der Waals surface area contributed by atoms with Crippen LogP contribution in [-0.4, -0.2) is 38.3 Å². The molecule has 142 valence electrons. The minimum Gasteiger partial charge on any atom is -0.381 e. The monoisotopic (exact) mass is 477 g/mol. The molecule has 2 fully saturated rings. The van der Waals surface area contributed by atoms with Crippen molar-refractivity contribution in [2.75, 3.05) is 26.3 Å². The summed E-state index contributed by atoms with van der Waals surface area (Å²) in [5, 5.41) is 9.26. The van der Waals surface area contributed by atoms with Gasteiger partial charge >= 0.3 is 0 Å². The molecule has 0 atom stereocenters. The highest BCUT2D eigenvalue weighted by atomic mass is 127. The molecule has 2 N–H and O–H groups in total. The number of nitrogens with zero attached hydrogens (tertiary/aromatic N) is 1. The van der Waals surface area contributed by atoms with Crippen LogP contribution in [0.5, 0.6) is 0 Å². The Balaban J connectivity index is 0.00000225. The van der Waals surface area contributed by atoms with Crippen molar-refractivity contribution < 1.29 is 4.74 Å². The SMILES string of the molecule is CCNC(=NCC1(c2cccs2)CCCCC1)NC1CCOCC1.I. The molecule has 1 aromatic rings. The van der Waals surface area contributed by atoms with Crippen LogP contribution < -0.4 is 10.6 Å². The second kappa shape index (κ2) is 10.7. The number of hydrogen-bond acceptors (Lipinski definition) is 3. The van der Waals surface area contributed by atoms with Gasteiger partial charge in [0.25, 0.3) is 0 Å². The minimum atomic E-state index is 0. The number of ether oxygens (including phenoxy) is 1. The first-order valence-electron chi connectivity index (χ1n) is 9.49. The molecule has 0 bridgehead atoms. The molecule has 0 amide bonds. The van der Waals surface area contributed by atoms with E-state index in [0.717, 1.165) is 45.1 Å². The Morgan fingerprint density at radius 1 is 1.28 bits per heavy atom. The van der Waals surface area contributed by atoms with Gasteiger partial charge in [0.15, 0.2) is 5.96 Å². The van der Waals surface area contributed by atoms with Crippen LogP contribution in [0.25, 0.3) is 0 Å². The van der Waals surface area contributed by atoms with E-state index in [1.54, 1.807) is 0 Å². The maximum Gasteiger partial charge on any atom is 0.191 e. The third-order valence-electron chi connectivity index (χ3n) is 5.30. The van der Waals surface area contributed by atoms with E-state index in [-0.39, 0.29) is 29.4 Å². The fourth-order valence-electron chi connectivity index (χ4n) is 3.88. The molecule has 3 rings (SSSR count). The lowest BCUT2D eigenvalue weighted by Crippen LogP contribution is -2.46. The highest BCUT2D eigenvalue weighted by Gasteiger charge is 2.34. The van der Waals surface area contributed by atoms with Crippen molar-refractivity contribution in [2.45, 2.75) is 63.3 Å². The number of halogens is 1. The quantitative estimate of drug-likeness (QED) is 0.378. The van der Waals surface area contributed by atoms with Crippen LogP contribution in [0.3, 0.4) is 0 Å². The molecular formula is C19H32IN3OS. The van der Waals surface area contributed by atoms with Gasteiger partial charge in [-0.3, -0.25) is 4.99 Å². The Kier molecular flexibility index (Phi) is 8.99. The smallest absolute Gasteiger partial charge is 0.191 e. The summed E-state index contributed by atoms with van der Waals surface area (Å²) in [7, 11) is 0. The second-order valence-corrected chi connectivity index (χ2v) is 7.99. The lowest BCUT2D eigenvalue weighted by atomic mass is 9.73. The van der Waals surface area contributed by atoms with Crippen molar-refractivity contribution >= 4 is 41.3 Å². The summed E-state index contributed by atoms with van der Waals surface area (Å²) in [5.41, 5.74) is 0.254. The van der Waals surface area contributed by atoms with Gasteiger partial charge in [0.1, 0.15) is 0 Å². The third kappa shape index (κ3) is 5.82. The van der Waals surface area contributed by atoms with Gasteiger partial charge in [-0.25, -0.2) is 0 Å². The first-order chi connectivity index (χ1) is 11.8. The van der Waals surface area contributed by atoms with Crippen LogP contribution in [0.2, 0.25) is 0 Å². The molecular weight excluding hydrogens is 445 g/mol. The van der Waals surface area contributed by atoms with Crippen LogP contribution in [0.1, 0.15) is 56.7 Å². The zero-order chi connectivity index (χ0) is 16.7. The largest absolute Gasteiger partial charge is 0.381 e. The Labute approximate surface area is 173 Å². The van der Waals surface area contributed by atoms with Crippen molar-refractivity contribution in [2.24, 2.45) is 4.99 Å². The maximum atomic E-state index is 5.46. The van der Waals surface area contributed by atoms with Gasteiger partial charge in [-0.2, -0.15) is 0 Å². The zero-order valence-electron chi connectivity index (χ0n) is 15.3. The van der Waals surface area contributed by atoms with Crippen LogP contribution in [-0.2, 0) is 10.2 Å². The number of guanidine groups is 1. The topological polar surface area (TPSA) is 45.7 Å². The van der Waals surface area contributed by atoms with E-state index in [2.05, 4.69) is 35.1 Å². The molecule has 6 heteroatoms. The summed E-state index contributed by atoms with van der Waals surface area (Å²) in [4.78, 5) is 6.54. The van der Waals surface area contributed by atoms with E-state index >= 15 is 0 Å². The number of hydrogen-bond donors (Lipinski definition) is 2. The van der Waals surface area contributed by atoms with Crippen LogP contribution in [0.15, 0.2) is 22.5 Å². The standard InChI is InChI=1S/C19H31N3OS.HI/c1-2-20-18(22-16-8-12-23-13-9-16)21-15-19(10-4-3-5-11-19)17-7-6-14-24-17;/h6-7,14,16H,2-5,8-13,15H2,1H3,(H2,20,21,22);1H. The van der Waals surface area contributed by atoms with Gasteiger partial charge in [0.05, 0.1) is 6.54 Å².